The first-order valence-electron chi connectivity index (χ1n) is 7.37. The highest BCUT2D eigenvalue weighted by atomic mass is 32.2. The van der Waals surface area contributed by atoms with Gasteiger partial charge >= 0.3 is 0 Å². The van der Waals surface area contributed by atoms with E-state index in [4.69, 9.17) is 18.0 Å². The van der Waals surface area contributed by atoms with Crippen molar-refractivity contribution in [2.45, 2.75) is 57.4 Å². The number of rotatable bonds is 8. The number of thioether (sulfide) groups is 1. The molecule has 0 amide bonds. The highest BCUT2D eigenvalue weighted by Gasteiger charge is 2.25. The van der Waals surface area contributed by atoms with Crippen LogP contribution in [0.3, 0.4) is 0 Å². The number of hydrogen-bond acceptors (Lipinski definition) is 3. The summed E-state index contributed by atoms with van der Waals surface area (Å²) in [4.78, 5) is 1.64. The molecule has 0 aliphatic carbocycles. The van der Waals surface area contributed by atoms with Crippen molar-refractivity contribution in [1.29, 1.82) is 0 Å². The van der Waals surface area contributed by atoms with Gasteiger partial charge in [-0.15, -0.1) is 11.8 Å². The highest BCUT2D eigenvalue weighted by Crippen LogP contribution is 2.32. The minimum Gasteiger partial charge on any atom is -0.389 e. The summed E-state index contributed by atoms with van der Waals surface area (Å²) in [6.45, 7) is 8.82. The molecule has 112 valence electrons. The first-order chi connectivity index (χ1) is 9.53. The Labute approximate surface area is 132 Å². The van der Waals surface area contributed by atoms with Crippen LogP contribution in [0.1, 0.15) is 52.5 Å². The first kappa shape index (κ1) is 17.3. The summed E-state index contributed by atoms with van der Waals surface area (Å²) in [6, 6.07) is 6.26. The summed E-state index contributed by atoms with van der Waals surface area (Å²) in [5.41, 5.74) is 8.15. The molecule has 4 heteroatoms. The van der Waals surface area contributed by atoms with Gasteiger partial charge in [0.25, 0.3) is 0 Å². The van der Waals surface area contributed by atoms with E-state index < -0.39 is 0 Å². The van der Waals surface area contributed by atoms with Crippen molar-refractivity contribution in [3.05, 3.63) is 23.8 Å². The molecule has 0 saturated heterocycles. The normalized spacial score (nSPS) is 11.4. The van der Waals surface area contributed by atoms with Crippen LogP contribution in [0.15, 0.2) is 23.1 Å². The third-order valence-corrected chi connectivity index (χ3v) is 5.15. The third-order valence-electron chi connectivity index (χ3n) is 4.00. The second kappa shape index (κ2) is 7.89. The summed E-state index contributed by atoms with van der Waals surface area (Å²) in [5.74, 6) is 1.01. The van der Waals surface area contributed by atoms with Gasteiger partial charge in [-0.1, -0.05) is 46.0 Å². The van der Waals surface area contributed by atoms with Crippen molar-refractivity contribution in [3.8, 4) is 0 Å². The minimum absolute atomic E-state index is 0.120. The molecule has 0 saturated carbocycles. The van der Waals surface area contributed by atoms with E-state index in [-0.39, 0.29) is 5.54 Å². The summed E-state index contributed by atoms with van der Waals surface area (Å²) < 4.78 is 0. The van der Waals surface area contributed by atoms with E-state index in [2.05, 4.69) is 51.2 Å². The lowest BCUT2D eigenvalue weighted by atomic mass is 9.89. The van der Waals surface area contributed by atoms with Crippen LogP contribution in [0.25, 0.3) is 0 Å². The molecule has 2 nitrogen and oxygen atoms in total. The molecule has 0 heterocycles. The lowest BCUT2D eigenvalue weighted by Gasteiger charge is -2.34. The van der Waals surface area contributed by atoms with Gasteiger partial charge in [0.2, 0.25) is 0 Å². The monoisotopic (exact) mass is 310 g/mol. The molecule has 0 bridgehead atoms. The SMILES string of the molecule is CCSc1cccc(NC(CC)(CC)CC)c1C(N)=S. The molecular weight excluding hydrogens is 284 g/mol. The van der Waals surface area contributed by atoms with Crippen LogP contribution in [0.4, 0.5) is 5.69 Å². The quantitative estimate of drug-likeness (QED) is 0.533. The maximum absolute atomic E-state index is 5.97. The van der Waals surface area contributed by atoms with Gasteiger partial charge in [-0.05, 0) is 37.1 Å². The zero-order valence-electron chi connectivity index (χ0n) is 13.0. The summed E-state index contributed by atoms with van der Waals surface area (Å²) in [6.07, 6.45) is 3.26. The van der Waals surface area contributed by atoms with Gasteiger partial charge in [-0.25, -0.2) is 0 Å². The van der Waals surface area contributed by atoms with Crippen LogP contribution < -0.4 is 11.1 Å². The highest BCUT2D eigenvalue weighted by molar-refractivity contribution is 7.99. The predicted molar refractivity (Wildman–Crippen MR) is 96.0 cm³/mol. The first-order valence-corrected chi connectivity index (χ1v) is 8.76. The van der Waals surface area contributed by atoms with E-state index in [0.717, 1.165) is 36.3 Å². The molecule has 1 aromatic carbocycles. The third kappa shape index (κ3) is 3.89. The summed E-state index contributed by atoms with van der Waals surface area (Å²) >= 11 is 7.06. The molecule has 0 atom stereocenters. The second-order valence-corrected chi connectivity index (χ2v) is 6.69. The lowest BCUT2D eigenvalue weighted by Crippen LogP contribution is -2.37. The van der Waals surface area contributed by atoms with Crippen LogP contribution in [0, 0.1) is 0 Å². The molecular formula is C16H26N2S2. The van der Waals surface area contributed by atoms with Gasteiger partial charge in [0.05, 0.1) is 0 Å². The van der Waals surface area contributed by atoms with E-state index in [1.807, 2.05) is 0 Å². The minimum atomic E-state index is 0.120. The Kier molecular flexibility index (Phi) is 6.83. The molecule has 0 spiro atoms. The zero-order chi connectivity index (χ0) is 15.2. The maximum Gasteiger partial charge on any atom is 0.107 e. The Morgan fingerprint density at radius 2 is 1.80 bits per heavy atom. The second-order valence-electron chi connectivity index (χ2n) is 4.94. The molecule has 1 rings (SSSR count). The fourth-order valence-electron chi connectivity index (χ4n) is 2.47. The number of nitrogens with one attached hydrogen (secondary N) is 1. The number of anilines is 1. The van der Waals surface area contributed by atoms with Crippen LogP contribution in [0.5, 0.6) is 0 Å². The topological polar surface area (TPSA) is 38.0 Å². The maximum atomic E-state index is 5.97. The van der Waals surface area contributed by atoms with Gasteiger partial charge in [0, 0.05) is 21.7 Å². The van der Waals surface area contributed by atoms with Crippen molar-refractivity contribution in [3.63, 3.8) is 0 Å². The lowest BCUT2D eigenvalue weighted by molar-refractivity contribution is 0.420. The summed E-state index contributed by atoms with van der Waals surface area (Å²) in [7, 11) is 0. The molecule has 0 radical (unpaired) electrons. The van der Waals surface area contributed by atoms with Crippen molar-refractivity contribution in [2.75, 3.05) is 11.1 Å². The molecule has 0 unspecified atom stereocenters. The molecule has 20 heavy (non-hydrogen) atoms. The average Bonchev–Trinajstić information content (AvgIpc) is 2.45. The van der Waals surface area contributed by atoms with E-state index >= 15 is 0 Å². The molecule has 3 N–H and O–H groups in total. The molecule has 0 aliphatic rings. The van der Waals surface area contributed by atoms with Crippen molar-refractivity contribution >= 4 is 34.7 Å². The Morgan fingerprint density at radius 1 is 1.20 bits per heavy atom. The number of thiocarbonyl (C=S) groups is 1. The van der Waals surface area contributed by atoms with Crippen molar-refractivity contribution < 1.29 is 0 Å². The summed E-state index contributed by atoms with van der Waals surface area (Å²) in [5, 5.41) is 3.71. The van der Waals surface area contributed by atoms with Gasteiger partial charge in [-0.2, -0.15) is 0 Å². The molecule has 1 aromatic rings. The van der Waals surface area contributed by atoms with Gasteiger partial charge in [0.1, 0.15) is 4.99 Å². The van der Waals surface area contributed by atoms with E-state index in [1.54, 1.807) is 11.8 Å². The predicted octanol–water partition coefficient (Wildman–Crippen LogP) is 4.81. The Hall–Kier alpha value is -0.740. The number of benzene rings is 1. The van der Waals surface area contributed by atoms with Gasteiger partial charge < -0.3 is 11.1 Å². The van der Waals surface area contributed by atoms with Crippen LogP contribution >= 0.6 is 24.0 Å². The fourth-order valence-corrected chi connectivity index (χ4v) is 3.60. The Morgan fingerprint density at radius 3 is 2.25 bits per heavy atom. The van der Waals surface area contributed by atoms with Crippen molar-refractivity contribution in [2.24, 2.45) is 5.73 Å². The Balaban J connectivity index is 3.23. The van der Waals surface area contributed by atoms with Gasteiger partial charge in [-0.3, -0.25) is 0 Å². The van der Waals surface area contributed by atoms with Gasteiger partial charge in [0.15, 0.2) is 0 Å². The van der Waals surface area contributed by atoms with Crippen LogP contribution in [0.2, 0.25) is 0 Å². The fraction of sp³-hybridized carbons (Fsp3) is 0.562. The standard InChI is InChI=1S/C16H26N2S2/c1-5-16(6-2,7-3)18-12-10-9-11-13(20-8-4)14(12)15(17)19/h9-11,18H,5-8H2,1-4H3,(H2,17,19). The zero-order valence-corrected chi connectivity index (χ0v) is 14.6. The number of nitrogens with two attached hydrogens (primary N) is 1. The number of hydrogen-bond donors (Lipinski definition) is 2. The van der Waals surface area contributed by atoms with Crippen LogP contribution in [-0.2, 0) is 0 Å². The van der Waals surface area contributed by atoms with E-state index in [9.17, 15) is 0 Å². The molecule has 0 fully saturated rings. The van der Waals surface area contributed by atoms with Crippen molar-refractivity contribution in [1.82, 2.24) is 0 Å². The Bertz CT molecular complexity index is 446. The average molecular weight is 311 g/mol. The van der Waals surface area contributed by atoms with Crippen LogP contribution in [-0.4, -0.2) is 16.3 Å². The smallest absolute Gasteiger partial charge is 0.107 e. The largest absolute Gasteiger partial charge is 0.389 e. The van der Waals surface area contributed by atoms with E-state index in [0.29, 0.717) is 4.99 Å². The molecule has 0 aromatic heterocycles. The van der Waals surface area contributed by atoms with E-state index in [1.165, 1.54) is 4.90 Å². The molecule has 0 aliphatic heterocycles.